The Morgan fingerprint density at radius 2 is 1.96 bits per heavy atom. The number of nitrogens with one attached hydrogen (secondary N) is 1. The molecule has 3 aromatic rings. The molecule has 1 N–H and O–H groups in total. The summed E-state index contributed by atoms with van der Waals surface area (Å²) in [5, 5.41) is 4.03. The van der Waals surface area contributed by atoms with Gasteiger partial charge in [0.2, 0.25) is 0 Å². The molecule has 0 atom stereocenters. The Bertz CT molecular complexity index is 898. The highest BCUT2D eigenvalue weighted by Crippen LogP contribution is 2.27. The predicted molar refractivity (Wildman–Crippen MR) is 91.1 cm³/mol. The van der Waals surface area contributed by atoms with Crippen LogP contribution in [0.2, 0.25) is 10.0 Å². The van der Waals surface area contributed by atoms with Crippen molar-refractivity contribution in [1.29, 1.82) is 0 Å². The number of aromatic nitrogens is 2. The van der Waals surface area contributed by atoms with E-state index in [1.54, 1.807) is 18.5 Å². The Morgan fingerprint density at radius 1 is 1.22 bits per heavy atom. The maximum atomic E-state index is 12.0. The molecule has 2 aromatic heterocycles. The van der Waals surface area contributed by atoms with Crippen LogP contribution >= 0.6 is 23.2 Å². The average molecular weight is 346 g/mol. The summed E-state index contributed by atoms with van der Waals surface area (Å²) in [6.45, 7) is 0. The molecule has 0 unspecified atom stereocenters. The SMILES string of the molecule is O=C(NC1CC1)c1ccc(-c2cnc3c(Cl)cc(Cl)cn23)cc1. The van der Waals surface area contributed by atoms with E-state index in [-0.39, 0.29) is 5.91 Å². The molecule has 2 heterocycles. The van der Waals surface area contributed by atoms with Crippen LogP contribution < -0.4 is 5.32 Å². The van der Waals surface area contributed by atoms with Crippen LogP contribution in [0.15, 0.2) is 42.7 Å². The molecule has 1 aliphatic rings. The van der Waals surface area contributed by atoms with Gasteiger partial charge in [0.1, 0.15) is 0 Å². The fourth-order valence-electron chi connectivity index (χ4n) is 2.52. The standard InChI is InChI=1S/C17H13Cl2N3O/c18-12-7-14(19)16-20-8-15(22(16)9-12)10-1-3-11(4-2-10)17(23)21-13-5-6-13/h1-4,7-9,13H,5-6H2,(H,21,23). The van der Waals surface area contributed by atoms with E-state index in [4.69, 9.17) is 23.2 Å². The molecule has 0 saturated heterocycles. The van der Waals surface area contributed by atoms with Crippen LogP contribution in [0.25, 0.3) is 16.9 Å². The number of rotatable bonds is 3. The number of fused-ring (bicyclic) bond motifs is 1. The number of pyridine rings is 1. The molecule has 0 radical (unpaired) electrons. The minimum absolute atomic E-state index is 0.0247. The van der Waals surface area contributed by atoms with Gasteiger partial charge in [-0.2, -0.15) is 0 Å². The Labute approximate surface area is 143 Å². The first-order valence-electron chi connectivity index (χ1n) is 7.35. The maximum absolute atomic E-state index is 12.0. The smallest absolute Gasteiger partial charge is 0.251 e. The number of carbonyl (C=O) groups is 1. The van der Waals surface area contributed by atoms with Crippen LogP contribution in [0.1, 0.15) is 23.2 Å². The number of amides is 1. The summed E-state index contributed by atoms with van der Waals surface area (Å²) in [4.78, 5) is 16.4. The second-order valence-electron chi connectivity index (χ2n) is 5.67. The molecule has 1 amide bonds. The minimum atomic E-state index is -0.0247. The first-order chi connectivity index (χ1) is 11.1. The van der Waals surface area contributed by atoms with Crippen molar-refractivity contribution < 1.29 is 4.79 Å². The first-order valence-corrected chi connectivity index (χ1v) is 8.11. The lowest BCUT2D eigenvalue weighted by molar-refractivity contribution is 0.0951. The van der Waals surface area contributed by atoms with Crippen LogP contribution in [0, 0.1) is 0 Å². The topological polar surface area (TPSA) is 46.4 Å². The fourth-order valence-corrected chi connectivity index (χ4v) is 3.04. The molecule has 0 aliphatic heterocycles. The van der Waals surface area contributed by atoms with E-state index in [0.717, 1.165) is 24.1 Å². The van der Waals surface area contributed by atoms with Gasteiger partial charge in [0.15, 0.2) is 5.65 Å². The molecule has 6 heteroatoms. The minimum Gasteiger partial charge on any atom is -0.349 e. The predicted octanol–water partition coefficient (Wildman–Crippen LogP) is 4.20. The average Bonchev–Trinajstić information content (AvgIpc) is 3.24. The van der Waals surface area contributed by atoms with Gasteiger partial charge in [-0.15, -0.1) is 0 Å². The van der Waals surface area contributed by atoms with Crippen molar-refractivity contribution >= 4 is 34.8 Å². The van der Waals surface area contributed by atoms with Gasteiger partial charge in [0.25, 0.3) is 5.91 Å². The Morgan fingerprint density at radius 3 is 2.65 bits per heavy atom. The molecular formula is C17H13Cl2N3O. The third kappa shape index (κ3) is 2.80. The number of hydrogen-bond donors (Lipinski definition) is 1. The Balaban J connectivity index is 1.69. The first kappa shape index (κ1) is 14.5. The van der Waals surface area contributed by atoms with Crippen molar-refractivity contribution in [1.82, 2.24) is 14.7 Å². The van der Waals surface area contributed by atoms with E-state index in [1.807, 2.05) is 28.7 Å². The van der Waals surface area contributed by atoms with E-state index in [0.29, 0.717) is 27.3 Å². The molecule has 1 aliphatic carbocycles. The fraction of sp³-hybridized carbons (Fsp3) is 0.176. The van der Waals surface area contributed by atoms with E-state index in [1.165, 1.54) is 0 Å². The number of nitrogens with zero attached hydrogens (tertiary/aromatic N) is 2. The third-order valence-electron chi connectivity index (χ3n) is 3.88. The van der Waals surface area contributed by atoms with Gasteiger partial charge in [-0.3, -0.25) is 9.20 Å². The van der Waals surface area contributed by atoms with Gasteiger partial charge in [-0.25, -0.2) is 4.98 Å². The quantitative estimate of drug-likeness (QED) is 0.773. The second-order valence-corrected chi connectivity index (χ2v) is 6.51. The normalized spacial score (nSPS) is 14.2. The molecule has 1 saturated carbocycles. The summed E-state index contributed by atoms with van der Waals surface area (Å²) in [7, 11) is 0. The number of carbonyl (C=O) groups excluding carboxylic acids is 1. The maximum Gasteiger partial charge on any atom is 0.251 e. The summed E-state index contributed by atoms with van der Waals surface area (Å²) >= 11 is 12.2. The number of hydrogen-bond acceptors (Lipinski definition) is 2. The van der Waals surface area contributed by atoms with Crippen LogP contribution in [0.4, 0.5) is 0 Å². The monoisotopic (exact) mass is 345 g/mol. The molecule has 23 heavy (non-hydrogen) atoms. The summed E-state index contributed by atoms with van der Waals surface area (Å²) < 4.78 is 1.85. The van der Waals surface area contributed by atoms with Gasteiger partial charge in [0, 0.05) is 23.4 Å². The molecule has 4 nitrogen and oxygen atoms in total. The van der Waals surface area contributed by atoms with Crippen molar-refractivity contribution in [2.75, 3.05) is 0 Å². The van der Waals surface area contributed by atoms with E-state index in [9.17, 15) is 4.79 Å². The molecule has 4 rings (SSSR count). The summed E-state index contributed by atoms with van der Waals surface area (Å²) in [6.07, 6.45) is 5.68. The molecule has 116 valence electrons. The van der Waals surface area contributed by atoms with Crippen molar-refractivity contribution in [2.45, 2.75) is 18.9 Å². The second kappa shape index (κ2) is 5.55. The Kier molecular flexibility index (Phi) is 3.51. The van der Waals surface area contributed by atoms with Gasteiger partial charge >= 0.3 is 0 Å². The van der Waals surface area contributed by atoms with Gasteiger partial charge in [0.05, 0.1) is 21.9 Å². The lowest BCUT2D eigenvalue weighted by Gasteiger charge is -2.06. The van der Waals surface area contributed by atoms with Gasteiger partial charge < -0.3 is 5.32 Å². The molecule has 0 spiro atoms. The van der Waals surface area contributed by atoms with E-state index >= 15 is 0 Å². The molecule has 0 bridgehead atoms. The highest BCUT2D eigenvalue weighted by Gasteiger charge is 2.23. The largest absolute Gasteiger partial charge is 0.349 e. The van der Waals surface area contributed by atoms with Crippen molar-refractivity contribution in [3.8, 4) is 11.3 Å². The molecule has 1 aromatic carbocycles. The lowest BCUT2D eigenvalue weighted by Crippen LogP contribution is -2.25. The summed E-state index contributed by atoms with van der Waals surface area (Å²) in [6, 6.07) is 9.46. The van der Waals surface area contributed by atoms with Crippen LogP contribution in [-0.4, -0.2) is 21.3 Å². The van der Waals surface area contributed by atoms with Gasteiger partial charge in [-0.1, -0.05) is 35.3 Å². The van der Waals surface area contributed by atoms with Crippen molar-refractivity contribution in [3.63, 3.8) is 0 Å². The zero-order valence-corrected chi connectivity index (χ0v) is 13.6. The number of benzene rings is 1. The highest BCUT2D eigenvalue weighted by molar-refractivity contribution is 6.36. The summed E-state index contributed by atoms with van der Waals surface area (Å²) in [5.74, 6) is -0.0247. The van der Waals surface area contributed by atoms with Crippen molar-refractivity contribution in [2.24, 2.45) is 0 Å². The molecular weight excluding hydrogens is 333 g/mol. The Hall–Kier alpha value is -2.04. The van der Waals surface area contributed by atoms with Crippen LogP contribution in [-0.2, 0) is 0 Å². The lowest BCUT2D eigenvalue weighted by atomic mass is 10.1. The summed E-state index contributed by atoms with van der Waals surface area (Å²) in [5.41, 5.74) is 3.13. The van der Waals surface area contributed by atoms with Gasteiger partial charge in [-0.05, 0) is 31.0 Å². The van der Waals surface area contributed by atoms with Crippen LogP contribution in [0.3, 0.4) is 0 Å². The third-order valence-corrected chi connectivity index (χ3v) is 4.37. The molecule has 1 fully saturated rings. The number of halogens is 2. The van der Waals surface area contributed by atoms with Crippen molar-refractivity contribution in [3.05, 3.63) is 58.3 Å². The zero-order valence-electron chi connectivity index (χ0n) is 12.1. The van der Waals surface area contributed by atoms with E-state index < -0.39 is 0 Å². The van der Waals surface area contributed by atoms with Crippen LogP contribution in [0.5, 0.6) is 0 Å². The number of imidazole rings is 1. The highest BCUT2D eigenvalue weighted by atomic mass is 35.5. The zero-order chi connectivity index (χ0) is 16.0. The van der Waals surface area contributed by atoms with E-state index in [2.05, 4.69) is 10.3 Å².